The molecule has 0 heterocycles. The van der Waals surface area contributed by atoms with Crippen LogP contribution in [0.5, 0.6) is 0 Å². The van der Waals surface area contributed by atoms with Crippen LogP contribution >= 0.6 is 0 Å². The SMILES string of the molecule is CCN(Cc1ccc(F)c(B(O)O)c1)CC(F)(F)F. The van der Waals surface area contributed by atoms with E-state index in [0.29, 0.717) is 5.56 Å². The molecular weight excluding hydrogens is 265 g/mol. The summed E-state index contributed by atoms with van der Waals surface area (Å²) in [5.41, 5.74) is 0.0381. The molecule has 0 aliphatic rings. The third-order valence-corrected chi connectivity index (χ3v) is 2.59. The number of alkyl halides is 3. The molecule has 2 N–H and O–H groups in total. The highest BCUT2D eigenvalue weighted by molar-refractivity contribution is 6.58. The van der Waals surface area contributed by atoms with Crippen molar-refractivity contribution in [2.24, 2.45) is 0 Å². The number of benzene rings is 1. The van der Waals surface area contributed by atoms with Gasteiger partial charge in [0.05, 0.1) is 6.54 Å². The third kappa shape index (κ3) is 5.18. The molecule has 1 aromatic rings. The minimum atomic E-state index is -4.31. The molecule has 1 rings (SSSR count). The van der Waals surface area contributed by atoms with E-state index in [1.54, 1.807) is 6.92 Å². The predicted octanol–water partition coefficient (Wildman–Crippen LogP) is 0.890. The summed E-state index contributed by atoms with van der Waals surface area (Å²) < 4.78 is 50.1. The first kappa shape index (κ1) is 15.9. The molecule has 0 bridgehead atoms. The summed E-state index contributed by atoms with van der Waals surface area (Å²) in [4.78, 5) is 1.13. The van der Waals surface area contributed by atoms with Crippen molar-refractivity contribution in [2.75, 3.05) is 13.1 Å². The van der Waals surface area contributed by atoms with Crippen LogP contribution in [0.4, 0.5) is 17.6 Å². The Balaban J connectivity index is 2.83. The molecule has 0 aliphatic heterocycles. The van der Waals surface area contributed by atoms with E-state index in [2.05, 4.69) is 0 Å². The number of hydrogen-bond donors (Lipinski definition) is 2. The van der Waals surface area contributed by atoms with Crippen molar-refractivity contribution in [3.63, 3.8) is 0 Å². The molecule has 0 saturated carbocycles. The van der Waals surface area contributed by atoms with Crippen LogP contribution in [0.3, 0.4) is 0 Å². The first-order chi connectivity index (χ1) is 8.73. The molecule has 0 radical (unpaired) electrons. The van der Waals surface area contributed by atoms with Gasteiger partial charge in [-0.15, -0.1) is 0 Å². The summed E-state index contributed by atoms with van der Waals surface area (Å²) in [6.07, 6.45) is -4.31. The van der Waals surface area contributed by atoms with E-state index in [1.165, 1.54) is 6.07 Å². The van der Waals surface area contributed by atoms with Crippen molar-refractivity contribution < 1.29 is 27.6 Å². The van der Waals surface area contributed by atoms with Crippen LogP contribution in [0, 0.1) is 5.82 Å². The highest BCUT2D eigenvalue weighted by Gasteiger charge is 2.30. The van der Waals surface area contributed by atoms with Gasteiger partial charge in [-0.05, 0) is 18.2 Å². The number of halogens is 4. The summed E-state index contributed by atoms with van der Waals surface area (Å²) in [5.74, 6) is -0.808. The molecule has 0 unspecified atom stereocenters. The van der Waals surface area contributed by atoms with Crippen molar-refractivity contribution in [3.05, 3.63) is 29.6 Å². The van der Waals surface area contributed by atoms with Gasteiger partial charge in [0.15, 0.2) is 0 Å². The summed E-state index contributed by atoms with van der Waals surface area (Å²) in [6.45, 7) is 0.638. The van der Waals surface area contributed by atoms with Crippen molar-refractivity contribution in [2.45, 2.75) is 19.6 Å². The first-order valence-corrected chi connectivity index (χ1v) is 5.66. The van der Waals surface area contributed by atoms with Crippen LogP contribution in [-0.2, 0) is 6.54 Å². The summed E-state index contributed by atoms with van der Waals surface area (Å²) in [6, 6.07) is 3.48. The fourth-order valence-corrected chi connectivity index (χ4v) is 1.68. The molecule has 106 valence electrons. The Labute approximate surface area is 108 Å². The maximum Gasteiger partial charge on any atom is 0.491 e. The number of rotatable bonds is 5. The van der Waals surface area contributed by atoms with Crippen molar-refractivity contribution in [1.82, 2.24) is 4.90 Å². The highest BCUT2D eigenvalue weighted by Crippen LogP contribution is 2.17. The van der Waals surface area contributed by atoms with E-state index < -0.39 is 25.7 Å². The summed E-state index contributed by atoms with van der Waals surface area (Å²) in [5, 5.41) is 17.9. The molecule has 3 nitrogen and oxygen atoms in total. The summed E-state index contributed by atoms with van der Waals surface area (Å²) in [7, 11) is -1.99. The second kappa shape index (κ2) is 6.36. The molecule has 19 heavy (non-hydrogen) atoms. The topological polar surface area (TPSA) is 43.7 Å². The first-order valence-electron chi connectivity index (χ1n) is 5.66. The van der Waals surface area contributed by atoms with Crippen LogP contribution < -0.4 is 5.46 Å². The largest absolute Gasteiger partial charge is 0.491 e. The lowest BCUT2D eigenvalue weighted by atomic mass is 9.79. The Morgan fingerprint density at radius 2 is 1.89 bits per heavy atom. The van der Waals surface area contributed by atoms with Crippen LogP contribution in [0.15, 0.2) is 18.2 Å². The van der Waals surface area contributed by atoms with Gasteiger partial charge in [-0.3, -0.25) is 4.90 Å². The molecule has 0 atom stereocenters. The molecule has 8 heteroatoms. The van der Waals surface area contributed by atoms with Gasteiger partial charge >= 0.3 is 13.3 Å². The Morgan fingerprint density at radius 3 is 2.37 bits per heavy atom. The van der Waals surface area contributed by atoms with E-state index in [1.807, 2.05) is 0 Å². The lowest BCUT2D eigenvalue weighted by Crippen LogP contribution is -2.35. The second-order valence-electron chi connectivity index (χ2n) is 4.15. The Morgan fingerprint density at radius 1 is 1.26 bits per heavy atom. The van der Waals surface area contributed by atoms with E-state index in [4.69, 9.17) is 10.0 Å². The van der Waals surface area contributed by atoms with Crippen LogP contribution in [-0.4, -0.2) is 41.3 Å². The van der Waals surface area contributed by atoms with Crippen LogP contribution in [0.25, 0.3) is 0 Å². The van der Waals surface area contributed by atoms with Gasteiger partial charge in [-0.1, -0.05) is 19.1 Å². The van der Waals surface area contributed by atoms with Crippen molar-refractivity contribution >= 4 is 12.6 Å². The van der Waals surface area contributed by atoms with E-state index in [0.717, 1.165) is 17.0 Å². The average Bonchev–Trinajstić information content (AvgIpc) is 2.28. The standard InChI is InChI=1S/C11H14BF4NO2/c1-2-17(7-11(14,15)16)6-8-3-4-10(13)9(5-8)12(18)19/h3-5,18-19H,2,6-7H2,1H3. The van der Waals surface area contributed by atoms with Gasteiger partial charge in [0.2, 0.25) is 0 Å². The normalized spacial score (nSPS) is 12.0. The second-order valence-corrected chi connectivity index (χ2v) is 4.15. The molecule has 0 saturated heterocycles. The fraction of sp³-hybridized carbons (Fsp3) is 0.455. The van der Waals surface area contributed by atoms with Gasteiger partial charge in [0.1, 0.15) is 5.82 Å². The molecule has 0 spiro atoms. The average molecular weight is 279 g/mol. The smallest absolute Gasteiger partial charge is 0.423 e. The van der Waals surface area contributed by atoms with Gasteiger partial charge < -0.3 is 10.0 Å². The molecule has 0 aromatic heterocycles. The maximum absolute atomic E-state index is 13.2. The van der Waals surface area contributed by atoms with Crippen molar-refractivity contribution in [3.8, 4) is 0 Å². The van der Waals surface area contributed by atoms with Crippen molar-refractivity contribution in [1.29, 1.82) is 0 Å². The Bertz CT molecular complexity index is 426. The quantitative estimate of drug-likeness (QED) is 0.621. The fourth-order valence-electron chi connectivity index (χ4n) is 1.68. The third-order valence-electron chi connectivity index (χ3n) is 2.59. The minimum absolute atomic E-state index is 0.0456. The molecular formula is C11H14BF4NO2. The van der Waals surface area contributed by atoms with E-state index in [-0.39, 0.29) is 18.6 Å². The predicted molar refractivity (Wildman–Crippen MR) is 63.2 cm³/mol. The Kier molecular flexibility index (Phi) is 5.33. The van der Waals surface area contributed by atoms with Gasteiger partial charge in [0.25, 0.3) is 0 Å². The monoisotopic (exact) mass is 279 g/mol. The molecule has 0 amide bonds. The maximum atomic E-state index is 13.2. The highest BCUT2D eigenvalue weighted by atomic mass is 19.4. The van der Waals surface area contributed by atoms with Crippen LogP contribution in [0.2, 0.25) is 0 Å². The minimum Gasteiger partial charge on any atom is -0.423 e. The number of hydrogen-bond acceptors (Lipinski definition) is 3. The summed E-state index contributed by atoms with van der Waals surface area (Å²) >= 11 is 0. The van der Waals surface area contributed by atoms with E-state index in [9.17, 15) is 17.6 Å². The van der Waals surface area contributed by atoms with Gasteiger partial charge in [0, 0.05) is 12.0 Å². The molecule has 0 aliphatic carbocycles. The van der Waals surface area contributed by atoms with Gasteiger partial charge in [-0.2, -0.15) is 13.2 Å². The Hall–Kier alpha value is -1.12. The molecule has 0 fully saturated rings. The lowest BCUT2D eigenvalue weighted by molar-refractivity contribution is -0.146. The van der Waals surface area contributed by atoms with Crippen LogP contribution in [0.1, 0.15) is 12.5 Å². The number of nitrogens with zero attached hydrogens (tertiary/aromatic N) is 1. The molecule has 1 aromatic carbocycles. The lowest BCUT2D eigenvalue weighted by Gasteiger charge is -2.22. The zero-order valence-electron chi connectivity index (χ0n) is 10.3. The van der Waals surface area contributed by atoms with E-state index >= 15 is 0 Å². The van der Waals surface area contributed by atoms with Gasteiger partial charge in [-0.25, -0.2) is 4.39 Å². The zero-order valence-corrected chi connectivity index (χ0v) is 10.3. The zero-order chi connectivity index (χ0) is 14.6.